The predicted molar refractivity (Wildman–Crippen MR) is 54.1 cm³/mol. The summed E-state index contributed by atoms with van der Waals surface area (Å²) in [4.78, 5) is 2.09. The van der Waals surface area contributed by atoms with Crippen LogP contribution in [0.3, 0.4) is 0 Å². The van der Waals surface area contributed by atoms with Gasteiger partial charge >= 0.3 is 0 Å². The minimum absolute atomic E-state index is 0. The van der Waals surface area contributed by atoms with Crippen LogP contribution in [0.2, 0.25) is 0 Å². The number of nitrogens with zero attached hydrogens (tertiary/aromatic N) is 1. The van der Waals surface area contributed by atoms with E-state index in [2.05, 4.69) is 4.90 Å². The van der Waals surface area contributed by atoms with Gasteiger partial charge in [0.2, 0.25) is 0 Å². The number of halogens is 3. The van der Waals surface area contributed by atoms with Crippen molar-refractivity contribution in [1.82, 2.24) is 4.90 Å². The van der Waals surface area contributed by atoms with E-state index in [1.807, 2.05) is 0 Å². The Labute approximate surface area is 85.5 Å². The number of likely N-dealkylation sites (tertiary alicyclic amines) is 1. The van der Waals surface area contributed by atoms with Crippen LogP contribution in [0.15, 0.2) is 0 Å². The Bertz CT molecular complexity index is 103. The first-order valence-corrected chi connectivity index (χ1v) is 3.87. The van der Waals surface area contributed by atoms with Gasteiger partial charge in [0.25, 0.3) is 0 Å². The molecule has 1 aliphatic rings. The second-order valence-corrected chi connectivity index (χ2v) is 2.89. The maximum Gasteiger partial charge on any atom is 0.102 e. The highest BCUT2D eigenvalue weighted by Gasteiger charge is 2.15. The van der Waals surface area contributed by atoms with Crippen molar-refractivity contribution in [2.24, 2.45) is 5.73 Å². The van der Waals surface area contributed by atoms with Gasteiger partial charge < -0.3 is 5.73 Å². The van der Waals surface area contributed by atoms with Crippen molar-refractivity contribution in [3.8, 4) is 0 Å². The SMILES string of the molecule is Cl.Cl.N[C@@H]1CCCN(CCF)C1. The van der Waals surface area contributed by atoms with Gasteiger partial charge in [0, 0.05) is 19.1 Å². The van der Waals surface area contributed by atoms with Crippen molar-refractivity contribution in [2.75, 3.05) is 26.3 Å². The number of nitrogens with two attached hydrogens (primary N) is 1. The summed E-state index contributed by atoms with van der Waals surface area (Å²) in [6, 6.07) is 0.278. The first-order valence-electron chi connectivity index (χ1n) is 3.87. The monoisotopic (exact) mass is 218 g/mol. The quantitative estimate of drug-likeness (QED) is 0.756. The van der Waals surface area contributed by atoms with Gasteiger partial charge in [-0.2, -0.15) is 0 Å². The average molecular weight is 219 g/mol. The molecule has 1 rings (SSSR count). The highest BCUT2D eigenvalue weighted by molar-refractivity contribution is 5.85. The third kappa shape index (κ3) is 5.14. The first kappa shape index (κ1) is 14.9. The Balaban J connectivity index is 0. The molecule has 0 amide bonds. The Kier molecular flexibility index (Phi) is 10.0. The summed E-state index contributed by atoms with van der Waals surface area (Å²) in [6.45, 7) is 2.22. The molecule has 0 aromatic carbocycles. The molecule has 76 valence electrons. The zero-order valence-electron chi connectivity index (χ0n) is 7.04. The fraction of sp³-hybridized carbons (Fsp3) is 1.00. The normalized spacial score (nSPS) is 24.0. The smallest absolute Gasteiger partial charge is 0.102 e. The van der Waals surface area contributed by atoms with Crippen LogP contribution in [0.4, 0.5) is 4.39 Å². The topological polar surface area (TPSA) is 29.3 Å². The molecule has 2 nitrogen and oxygen atoms in total. The van der Waals surface area contributed by atoms with Crippen LogP contribution >= 0.6 is 24.8 Å². The molecule has 0 aromatic heterocycles. The summed E-state index contributed by atoms with van der Waals surface area (Å²) >= 11 is 0. The summed E-state index contributed by atoms with van der Waals surface area (Å²) in [6.07, 6.45) is 2.23. The predicted octanol–water partition coefficient (Wildman–Crippen LogP) is 1.22. The van der Waals surface area contributed by atoms with Crippen LogP contribution in [0.25, 0.3) is 0 Å². The average Bonchev–Trinajstić information content (AvgIpc) is 1.88. The van der Waals surface area contributed by atoms with Gasteiger partial charge in [0.1, 0.15) is 6.67 Å². The number of rotatable bonds is 2. The molecule has 0 bridgehead atoms. The third-order valence-corrected chi connectivity index (χ3v) is 1.94. The van der Waals surface area contributed by atoms with Gasteiger partial charge in [-0.25, -0.2) is 4.39 Å². The molecule has 1 aliphatic heterocycles. The van der Waals surface area contributed by atoms with Crippen LogP contribution in [-0.2, 0) is 0 Å². The van der Waals surface area contributed by atoms with E-state index < -0.39 is 0 Å². The Hall–Kier alpha value is 0.430. The lowest BCUT2D eigenvalue weighted by molar-refractivity contribution is 0.194. The van der Waals surface area contributed by atoms with Gasteiger partial charge in [-0.15, -0.1) is 24.8 Å². The Morgan fingerprint density at radius 1 is 1.42 bits per heavy atom. The third-order valence-electron chi connectivity index (χ3n) is 1.94. The lowest BCUT2D eigenvalue weighted by Gasteiger charge is -2.29. The van der Waals surface area contributed by atoms with Gasteiger partial charge in [0.15, 0.2) is 0 Å². The molecule has 0 unspecified atom stereocenters. The van der Waals surface area contributed by atoms with Crippen LogP contribution in [0, 0.1) is 0 Å². The fourth-order valence-electron chi connectivity index (χ4n) is 1.41. The Morgan fingerprint density at radius 2 is 2.08 bits per heavy atom. The summed E-state index contributed by atoms with van der Waals surface area (Å²) in [7, 11) is 0. The molecule has 2 N–H and O–H groups in total. The molecule has 0 aromatic rings. The van der Waals surface area contributed by atoms with Gasteiger partial charge in [-0.05, 0) is 19.4 Å². The van der Waals surface area contributed by atoms with E-state index >= 15 is 0 Å². The van der Waals surface area contributed by atoms with Crippen molar-refractivity contribution >= 4 is 24.8 Å². The number of alkyl halides is 1. The van der Waals surface area contributed by atoms with E-state index in [4.69, 9.17) is 5.73 Å². The lowest BCUT2D eigenvalue weighted by atomic mass is 10.1. The van der Waals surface area contributed by atoms with Crippen LogP contribution in [0.5, 0.6) is 0 Å². The first-order chi connectivity index (χ1) is 4.83. The molecule has 0 aliphatic carbocycles. The van der Waals surface area contributed by atoms with Crippen molar-refractivity contribution in [3.05, 3.63) is 0 Å². The van der Waals surface area contributed by atoms with E-state index in [0.29, 0.717) is 6.54 Å². The summed E-state index contributed by atoms with van der Waals surface area (Å²) in [5.74, 6) is 0. The molecular formula is C7H17Cl2FN2. The van der Waals surface area contributed by atoms with Gasteiger partial charge in [-0.3, -0.25) is 4.90 Å². The molecular weight excluding hydrogens is 202 g/mol. The molecule has 0 spiro atoms. The summed E-state index contributed by atoms with van der Waals surface area (Å²) < 4.78 is 11.8. The summed E-state index contributed by atoms with van der Waals surface area (Å²) in [5.41, 5.74) is 5.69. The van der Waals surface area contributed by atoms with E-state index in [-0.39, 0.29) is 37.5 Å². The number of hydrogen-bond donors (Lipinski definition) is 1. The minimum Gasteiger partial charge on any atom is -0.327 e. The van der Waals surface area contributed by atoms with Gasteiger partial charge in [0.05, 0.1) is 0 Å². The molecule has 1 heterocycles. The maximum atomic E-state index is 11.8. The van der Waals surface area contributed by atoms with Crippen LogP contribution in [-0.4, -0.2) is 37.3 Å². The largest absolute Gasteiger partial charge is 0.327 e. The van der Waals surface area contributed by atoms with Crippen molar-refractivity contribution in [1.29, 1.82) is 0 Å². The zero-order chi connectivity index (χ0) is 7.40. The van der Waals surface area contributed by atoms with Crippen molar-refractivity contribution in [3.63, 3.8) is 0 Å². The number of piperidine rings is 1. The van der Waals surface area contributed by atoms with Crippen molar-refractivity contribution in [2.45, 2.75) is 18.9 Å². The van der Waals surface area contributed by atoms with Crippen molar-refractivity contribution < 1.29 is 4.39 Å². The molecule has 12 heavy (non-hydrogen) atoms. The second-order valence-electron chi connectivity index (χ2n) is 2.89. The van der Waals surface area contributed by atoms with E-state index in [0.717, 1.165) is 25.9 Å². The summed E-state index contributed by atoms with van der Waals surface area (Å²) in [5, 5.41) is 0. The molecule has 0 saturated carbocycles. The van der Waals surface area contributed by atoms with Crippen LogP contribution < -0.4 is 5.73 Å². The second kappa shape index (κ2) is 8.05. The molecule has 1 atom stereocenters. The highest BCUT2D eigenvalue weighted by atomic mass is 35.5. The Morgan fingerprint density at radius 3 is 2.58 bits per heavy atom. The van der Waals surface area contributed by atoms with E-state index in [9.17, 15) is 4.39 Å². The number of hydrogen-bond acceptors (Lipinski definition) is 2. The molecule has 0 radical (unpaired) electrons. The van der Waals surface area contributed by atoms with E-state index in [1.54, 1.807) is 0 Å². The molecule has 5 heteroatoms. The zero-order valence-corrected chi connectivity index (χ0v) is 8.67. The minimum atomic E-state index is -0.243. The van der Waals surface area contributed by atoms with Gasteiger partial charge in [-0.1, -0.05) is 0 Å². The fourth-order valence-corrected chi connectivity index (χ4v) is 1.41. The van der Waals surface area contributed by atoms with E-state index in [1.165, 1.54) is 0 Å². The maximum absolute atomic E-state index is 11.8. The standard InChI is InChI=1S/C7H15FN2.2ClH/c8-3-5-10-4-1-2-7(9)6-10;;/h7H,1-6,9H2;2*1H/t7-;;/m1../s1. The highest BCUT2D eigenvalue weighted by Crippen LogP contribution is 2.06. The molecule has 1 fully saturated rings. The molecule has 1 saturated heterocycles. The van der Waals surface area contributed by atoms with Crippen LogP contribution in [0.1, 0.15) is 12.8 Å². The lowest BCUT2D eigenvalue weighted by Crippen LogP contribution is -2.43.